The van der Waals surface area contributed by atoms with Gasteiger partial charge in [-0.1, -0.05) is 46.2 Å². The molecule has 0 radical (unpaired) electrons. The Kier molecular flexibility index (Phi) is 4.49. The largest absolute Gasteiger partial charge is 0.496 e. The lowest BCUT2D eigenvalue weighted by Crippen LogP contribution is -2.22. The van der Waals surface area contributed by atoms with E-state index in [1.54, 1.807) is 7.11 Å². The van der Waals surface area contributed by atoms with Gasteiger partial charge in [-0.05, 0) is 29.8 Å². The van der Waals surface area contributed by atoms with Crippen LogP contribution < -0.4 is 4.74 Å². The van der Waals surface area contributed by atoms with E-state index in [1.165, 1.54) is 0 Å². The minimum Gasteiger partial charge on any atom is -0.496 e. The average molecular weight is 410 g/mol. The molecule has 0 aliphatic carbocycles. The second-order valence-electron chi connectivity index (χ2n) is 6.54. The van der Waals surface area contributed by atoms with Crippen LogP contribution in [0.5, 0.6) is 5.75 Å². The van der Waals surface area contributed by atoms with Crippen molar-refractivity contribution in [3.8, 4) is 28.7 Å². The molecule has 2 aromatic heterocycles. The Balaban J connectivity index is 1.42. The van der Waals surface area contributed by atoms with Crippen LogP contribution in [0, 0.1) is 0 Å². The molecule has 3 heterocycles. The van der Waals surface area contributed by atoms with Crippen molar-refractivity contribution in [3.05, 3.63) is 64.8 Å². The van der Waals surface area contributed by atoms with Crippen LogP contribution >= 0.6 is 11.6 Å². The first-order valence-electron chi connectivity index (χ1n) is 9.00. The lowest BCUT2D eigenvalue weighted by molar-refractivity contribution is -0.00111. The fraction of sp³-hybridized carbons (Fsp3) is 0.200. The molecule has 146 valence electrons. The van der Waals surface area contributed by atoms with Gasteiger partial charge in [0.1, 0.15) is 11.9 Å². The Bertz CT molecular complexity index is 1160. The number of nitrogens with zero attached hydrogens (tertiary/aromatic N) is 5. The normalized spacial score (nSPS) is 15.9. The maximum Gasteiger partial charge on any atom is 0.262 e. The number of aromatic nitrogens is 5. The van der Waals surface area contributed by atoms with Gasteiger partial charge in [0.15, 0.2) is 5.69 Å². The molecule has 0 fully saturated rings. The second kappa shape index (κ2) is 7.31. The lowest BCUT2D eigenvalue weighted by atomic mass is 10.1. The summed E-state index contributed by atoms with van der Waals surface area (Å²) in [4.78, 5) is 4.48. The minimum absolute atomic E-state index is 0.122. The Labute approximate surface area is 171 Å². The van der Waals surface area contributed by atoms with E-state index in [4.69, 9.17) is 25.6 Å². The standard InChI is InChI=1S/C20H16ClN5O3/c1-27-16-5-3-2-4-14(16)20-22-19(24-29-20)18-15-11-28-17(10-26(15)25-23-18)12-6-8-13(21)9-7-12/h2-9,17H,10-11H2,1H3. The van der Waals surface area contributed by atoms with E-state index in [1.807, 2.05) is 53.2 Å². The SMILES string of the molecule is COc1ccccc1-c1nc(-c2nnn3c2COC(c2ccc(Cl)cc2)C3)no1. The van der Waals surface area contributed by atoms with Gasteiger partial charge >= 0.3 is 0 Å². The lowest BCUT2D eigenvalue weighted by Gasteiger charge is -2.24. The number of para-hydroxylation sites is 1. The second-order valence-corrected chi connectivity index (χ2v) is 6.98. The first kappa shape index (κ1) is 17.8. The molecule has 1 unspecified atom stereocenters. The van der Waals surface area contributed by atoms with Gasteiger partial charge in [0.25, 0.3) is 5.89 Å². The molecule has 0 N–H and O–H groups in total. The summed E-state index contributed by atoms with van der Waals surface area (Å²) in [5.41, 5.74) is 3.11. The quantitative estimate of drug-likeness (QED) is 0.504. The molecule has 0 bridgehead atoms. The number of halogens is 1. The number of rotatable bonds is 4. The number of hydrogen-bond acceptors (Lipinski definition) is 7. The van der Waals surface area contributed by atoms with Gasteiger partial charge in [0.05, 0.1) is 31.5 Å². The van der Waals surface area contributed by atoms with Crippen molar-refractivity contribution in [1.29, 1.82) is 0 Å². The molecule has 1 aliphatic rings. The zero-order chi connectivity index (χ0) is 19.8. The van der Waals surface area contributed by atoms with Crippen LogP contribution in [0.2, 0.25) is 5.02 Å². The van der Waals surface area contributed by atoms with Gasteiger partial charge in [-0.15, -0.1) is 5.10 Å². The van der Waals surface area contributed by atoms with Crippen molar-refractivity contribution in [3.63, 3.8) is 0 Å². The molecule has 4 aromatic rings. The molecule has 9 heteroatoms. The van der Waals surface area contributed by atoms with Crippen LogP contribution in [0.3, 0.4) is 0 Å². The van der Waals surface area contributed by atoms with E-state index in [9.17, 15) is 0 Å². The molecule has 0 spiro atoms. The van der Waals surface area contributed by atoms with E-state index in [0.717, 1.165) is 11.3 Å². The molecule has 8 nitrogen and oxygen atoms in total. The van der Waals surface area contributed by atoms with E-state index < -0.39 is 0 Å². The predicted octanol–water partition coefficient (Wildman–Crippen LogP) is 3.93. The first-order valence-corrected chi connectivity index (χ1v) is 9.37. The van der Waals surface area contributed by atoms with E-state index >= 15 is 0 Å². The zero-order valence-electron chi connectivity index (χ0n) is 15.4. The van der Waals surface area contributed by atoms with Gasteiger partial charge in [0, 0.05) is 5.02 Å². The molecule has 0 saturated heterocycles. The van der Waals surface area contributed by atoms with E-state index in [2.05, 4.69) is 20.5 Å². The Hall–Kier alpha value is -3.23. The summed E-state index contributed by atoms with van der Waals surface area (Å²) >= 11 is 5.97. The van der Waals surface area contributed by atoms with Crippen LogP contribution in [-0.4, -0.2) is 32.2 Å². The Morgan fingerprint density at radius 1 is 1.14 bits per heavy atom. The minimum atomic E-state index is -0.122. The molecule has 0 amide bonds. The van der Waals surface area contributed by atoms with Gasteiger partial charge in [-0.2, -0.15) is 4.98 Å². The highest BCUT2D eigenvalue weighted by Gasteiger charge is 2.28. The number of methoxy groups -OCH3 is 1. The van der Waals surface area contributed by atoms with Crippen molar-refractivity contribution >= 4 is 11.6 Å². The number of ether oxygens (including phenoxy) is 2. The molecule has 1 aliphatic heterocycles. The molecule has 0 saturated carbocycles. The van der Waals surface area contributed by atoms with Crippen molar-refractivity contribution in [2.24, 2.45) is 0 Å². The van der Waals surface area contributed by atoms with Gasteiger partial charge in [0.2, 0.25) is 5.82 Å². The third-order valence-corrected chi connectivity index (χ3v) is 5.07. The molecule has 2 aromatic carbocycles. The summed E-state index contributed by atoms with van der Waals surface area (Å²) in [5.74, 6) is 1.37. The molecule has 5 rings (SSSR count). The monoisotopic (exact) mass is 409 g/mol. The fourth-order valence-corrected chi connectivity index (χ4v) is 3.44. The Morgan fingerprint density at radius 3 is 2.79 bits per heavy atom. The fourth-order valence-electron chi connectivity index (χ4n) is 3.31. The van der Waals surface area contributed by atoms with Crippen molar-refractivity contribution < 1.29 is 14.0 Å². The van der Waals surface area contributed by atoms with E-state index in [0.29, 0.717) is 46.9 Å². The maximum absolute atomic E-state index is 6.03. The van der Waals surface area contributed by atoms with Crippen molar-refractivity contribution in [1.82, 2.24) is 25.1 Å². The topological polar surface area (TPSA) is 88.1 Å². The van der Waals surface area contributed by atoms with Gasteiger partial charge < -0.3 is 14.0 Å². The zero-order valence-corrected chi connectivity index (χ0v) is 16.2. The molecular weight excluding hydrogens is 394 g/mol. The number of hydrogen-bond donors (Lipinski definition) is 0. The molecule has 29 heavy (non-hydrogen) atoms. The van der Waals surface area contributed by atoms with Crippen LogP contribution in [-0.2, 0) is 17.9 Å². The van der Waals surface area contributed by atoms with Crippen LogP contribution in [0.15, 0.2) is 53.1 Å². The van der Waals surface area contributed by atoms with Crippen LogP contribution in [0.1, 0.15) is 17.4 Å². The van der Waals surface area contributed by atoms with Gasteiger partial charge in [-0.25, -0.2) is 4.68 Å². The number of fused-ring (bicyclic) bond motifs is 1. The summed E-state index contributed by atoms with van der Waals surface area (Å²) < 4.78 is 18.6. The summed E-state index contributed by atoms with van der Waals surface area (Å²) in [6.07, 6.45) is -0.122. The molecule has 1 atom stereocenters. The van der Waals surface area contributed by atoms with Gasteiger partial charge in [-0.3, -0.25) is 0 Å². The third-order valence-electron chi connectivity index (χ3n) is 4.81. The average Bonchev–Trinajstić information content (AvgIpc) is 3.40. The predicted molar refractivity (Wildman–Crippen MR) is 104 cm³/mol. The number of benzene rings is 2. The highest BCUT2D eigenvalue weighted by atomic mass is 35.5. The van der Waals surface area contributed by atoms with Crippen molar-refractivity contribution in [2.45, 2.75) is 19.3 Å². The van der Waals surface area contributed by atoms with Crippen molar-refractivity contribution in [2.75, 3.05) is 7.11 Å². The third kappa shape index (κ3) is 3.26. The summed E-state index contributed by atoms with van der Waals surface area (Å²) in [6.45, 7) is 0.884. The van der Waals surface area contributed by atoms with E-state index in [-0.39, 0.29) is 6.10 Å². The summed E-state index contributed by atoms with van der Waals surface area (Å²) in [7, 11) is 1.60. The Morgan fingerprint density at radius 2 is 1.97 bits per heavy atom. The summed E-state index contributed by atoms with van der Waals surface area (Å²) in [5, 5.41) is 13.3. The van der Waals surface area contributed by atoms with Crippen LogP contribution in [0.4, 0.5) is 0 Å². The smallest absolute Gasteiger partial charge is 0.262 e. The molecular formula is C20H16ClN5O3. The maximum atomic E-state index is 6.03. The summed E-state index contributed by atoms with van der Waals surface area (Å²) in [6, 6.07) is 15.1. The highest BCUT2D eigenvalue weighted by molar-refractivity contribution is 6.30. The first-order chi connectivity index (χ1) is 14.2. The highest BCUT2D eigenvalue weighted by Crippen LogP contribution is 2.33. The van der Waals surface area contributed by atoms with Crippen LogP contribution in [0.25, 0.3) is 23.0 Å².